The lowest BCUT2D eigenvalue weighted by Gasteiger charge is -2.31. The van der Waals surface area contributed by atoms with E-state index in [9.17, 15) is 24.6 Å². The van der Waals surface area contributed by atoms with E-state index in [1.54, 1.807) is 42.5 Å². The largest absolute Gasteiger partial charge is 0.508 e. The zero-order valence-electron chi connectivity index (χ0n) is 30.0. The van der Waals surface area contributed by atoms with E-state index in [2.05, 4.69) is 24.5 Å². The molecule has 2 aromatic rings. The fourth-order valence-electron chi connectivity index (χ4n) is 6.47. The number of hydrogen-bond acceptors (Lipinski definition) is 9. The average Bonchev–Trinajstić information content (AvgIpc) is 3.49. The quantitative estimate of drug-likeness (QED) is 0.0986. The van der Waals surface area contributed by atoms with Crippen molar-refractivity contribution in [1.82, 2.24) is 10.6 Å². The van der Waals surface area contributed by atoms with Crippen molar-refractivity contribution in [2.45, 2.75) is 121 Å². The zero-order valence-corrected chi connectivity index (χ0v) is 30.0. The van der Waals surface area contributed by atoms with Crippen LogP contribution in [0.1, 0.15) is 100 Å². The van der Waals surface area contributed by atoms with Gasteiger partial charge in [0.25, 0.3) is 0 Å². The molecule has 1 saturated heterocycles. The molecule has 1 aliphatic carbocycles. The maximum absolute atomic E-state index is 13.6. The minimum absolute atomic E-state index is 0.0139. The van der Waals surface area contributed by atoms with Crippen LogP contribution in [0.4, 0.5) is 0 Å². The summed E-state index contributed by atoms with van der Waals surface area (Å²) in [7, 11) is 0. The van der Waals surface area contributed by atoms with Gasteiger partial charge in [-0.2, -0.15) is 0 Å². The van der Waals surface area contributed by atoms with Crippen LogP contribution >= 0.6 is 0 Å². The molecule has 2 aliphatic rings. The molecule has 0 saturated carbocycles. The van der Waals surface area contributed by atoms with E-state index >= 15 is 0 Å². The Morgan fingerprint density at radius 2 is 1.69 bits per heavy atom. The molecule has 278 valence electrons. The number of ether oxygens (including phenoxy) is 3. The van der Waals surface area contributed by atoms with Gasteiger partial charge >= 0.3 is 5.97 Å². The number of carbonyl (C=O) groups is 3. The highest BCUT2D eigenvalue weighted by molar-refractivity contribution is 5.97. The van der Waals surface area contributed by atoms with Crippen molar-refractivity contribution in [1.29, 1.82) is 0 Å². The molecule has 11 heteroatoms. The van der Waals surface area contributed by atoms with Crippen molar-refractivity contribution in [3.63, 3.8) is 0 Å². The summed E-state index contributed by atoms with van der Waals surface area (Å²) in [5.41, 5.74) is 2.26. The topological polar surface area (TPSA) is 164 Å². The molecule has 0 aromatic heterocycles. The second-order valence-electron chi connectivity index (χ2n) is 13.4. The van der Waals surface area contributed by atoms with E-state index in [1.807, 2.05) is 24.3 Å². The third kappa shape index (κ3) is 11.2. The Balaban J connectivity index is 1.54. The molecule has 1 aliphatic heterocycles. The van der Waals surface area contributed by atoms with E-state index in [0.29, 0.717) is 24.8 Å². The van der Waals surface area contributed by atoms with Crippen LogP contribution in [0.3, 0.4) is 0 Å². The zero-order chi connectivity index (χ0) is 36.8. The summed E-state index contributed by atoms with van der Waals surface area (Å²) < 4.78 is 19.4. The first-order valence-electron chi connectivity index (χ1n) is 18.3. The minimum Gasteiger partial charge on any atom is -0.508 e. The van der Waals surface area contributed by atoms with Crippen molar-refractivity contribution in [2.24, 2.45) is 0 Å². The number of aliphatic hydroxyl groups excluding tert-OH is 2. The minimum atomic E-state index is -1.27. The van der Waals surface area contributed by atoms with Gasteiger partial charge in [-0.1, -0.05) is 82.0 Å². The second-order valence-corrected chi connectivity index (χ2v) is 13.4. The van der Waals surface area contributed by atoms with Gasteiger partial charge < -0.3 is 40.2 Å². The smallest absolute Gasteiger partial charge is 0.338 e. The third-order valence-electron chi connectivity index (χ3n) is 9.30. The third-order valence-corrected chi connectivity index (χ3v) is 9.30. The summed E-state index contributed by atoms with van der Waals surface area (Å²) in [4.78, 5) is 39.9. The van der Waals surface area contributed by atoms with Crippen LogP contribution in [-0.2, 0) is 30.2 Å². The molecule has 5 N–H and O–H groups in total. The Kier molecular flexibility index (Phi) is 15.2. The highest BCUT2D eigenvalue weighted by Crippen LogP contribution is 2.43. The lowest BCUT2D eigenvalue weighted by molar-refractivity contribution is -0.190. The van der Waals surface area contributed by atoms with Gasteiger partial charge in [-0.05, 0) is 61.6 Å². The Labute approximate surface area is 301 Å². The van der Waals surface area contributed by atoms with E-state index in [1.165, 1.54) is 6.92 Å². The summed E-state index contributed by atoms with van der Waals surface area (Å²) >= 11 is 0. The molecule has 5 unspecified atom stereocenters. The number of rotatable bonds is 19. The number of para-hydroxylation sites is 1. The highest BCUT2D eigenvalue weighted by atomic mass is 16.8. The number of aliphatic hydroxyl groups is 2. The fraction of sp³-hybridized carbons (Fsp3) is 0.525. The number of unbranched alkanes of at least 4 members (excludes halogenated alkanes) is 4. The molecular formula is C40H54N2O9. The van der Waals surface area contributed by atoms with Gasteiger partial charge in [0.15, 0.2) is 5.79 Å². The van der Waals surface area contributed by atoms with Gasteiger partial charge in [-0.15, -0.1) is 0 Å². The Bertz CT molecular complexity index is 1490. The van der Waals surface area contributed by atoms with Gasteiger partial charge in [-0.3, -0.25) is 9.59 Å². The standard InChI is InChI=1S/C40H54N2O9/c1-4-6-10-21-40(22-11-7-5-2)50-34-26-31(37(46)42-35(27(3)44)38(47)41-23-24-43)25-33(36(34)51-40)49-39(48)30-19-17-28(18-20-30)13-12-15-29-14-8-9-16-32(29)45/h8-9,12-14,16-20,26-27,33-36,43-45H,4-7,10-11,15,21-25H2,1-3H3,(H,41,47)(H,42,46). The number of esters is 1. The van der Waals surface area contributed by atoms with Crippen LogP contribution in [0.5, 0.6) is 5.75 Å². The molecular weight excluding hydrogens is 652 g/mol. The highest BCUT2D eigenvalue weighted by Gasteiger charge is 2.52. The number of hydrogen-bond donors (Lipinski definition) is 5. The number of amides is 2. The lowest BCUT2D eigenvalue weighted by Crippen LogP contribution is -2.54. The van der Waals surface area contributed by atoms with E-state index in [4.69, 9.17) is 19.3 Å². The molecule has 1 fully saturated rings. The first kappa shape index (κ1) is 39.8. The van der Waals surface area contributed by atoms with Crippen LogP contribution in [0, 0.1) is 0 Å². The van der Waals surface area contributed by atoms with E-state index < -0.39 is 54.0 Å². The molecule has 2 amide bonds. The van der Waals surface area contributed by atoms with E-state index in [-0.39, 0.29) is 30.9 Å². The molecule has 4 rings (SSSR count). The Hall–Kier alpha value is -4.03. The molecule has 0 spiro atoms. The number of benzene rings is 2. The number of phenols is 1. The molecule has 51 heavy (non-hydrogen) atoms. The molecule has 0 radical (unpaired) electrons. The van der Waals surface area contributed by atoms with Crippen LogP contribution in [-0.4, -0.2) is 82.5 Å². The predicted octanol–water partition coefficient (Wildman–Crippen LogP) is 5.12. The average molecular weight is 707 g/mol. The van der Waals surface area contributed by atoms with Gasteiger partial charge in [0.1, 0.15) is 30.1 Å². The first-order valence-corrected chi connectivity index (χ1v) is 18.3. The Morgan fingerprint density at radius 1 is 1.00 bits per heavy atom. The molecule has 11 nitrogen and oxygen atoms in total. The van der Waals surface area contributed by atoms with Crippen molar-refractivity contribution >= 4 is 23.9 Å². The number of allylic oxidation sites excluding steroid dienone is 1. The van der Waals surface area contributed by atoms with Crippen LogP contribution in [0.15, 0.2) is 66.3 Å². The lowest BCUT2D eigenvalue weighted by atomic mass is 9.91. The number of nitrogens with one attached hydrogen (secondary N) is 2. The fourth-order valence-corrected chi connectivity index (χ4v) is 6.47. The second kappa shape index (κ2) is 19.5. The number of fused-ring (bicyclic) bond motifs is 1. The molecule has 1 heterocycles. The van der Waals surface area contributed by atoms with Gasteiger partial charge in [-0.25, -0.2) is 4.79 Å². The first-order chi connectivity index (χ1) is 24.6. The predicted molar refractivity (Wildman–Crippen MR) is 194 cm³/mol. The van der Waals surface area contributed by atoms with Gasteiger partial charge in [0.05, 0.1) is 18.3 Å². The number of carbonyl (C=O) groups excluding carboxylic acids is 3. The summed E-state index contributed by atoms with van der Waals surface area (Å²) in [6, 6.07) is 12.9. The monoisotopic (exact) mass is 706 g/mol. The SMILES string of the molecule is CCCCCC1(CCCCC)OC2C=C(C(=O)NC(C(=O)NCCO)C(C)O)CC(OC(=O)c3ccc(C=CCc4ccccc4O)cc3)C2O1. The summed E-state index contributed by atoms with van der Waals surface area (Å²) in [5, 5.41) is 34.5. The van der Waals surface area contributed by atoms with Crippen LogP contribution in [0.25, 0.3) is 6.08 Å². The van der Waals surface area contributed by atoms with Crippen molar-refractivity contribution in [3.05, 3.63) is 82.9 Å². The normalized spacial score (nSPS) is 20.6. The Morgan fingerprint density at radius 3 is 2.31 bits per heavy atom. The van der Waals surface area contributed by atoms with Crippen LogP contribution < -0.4 is 10.6 Å². The number of aromatic hydroxyl groups is 1. The maximum Gasteiger partial charge on any atom is 0.338 e. The van der Waals surface area contributed by atoms with Gasteiger partial charge in [0.2, 0.25) is 11.8 Å². The molecule has 5 atom stereocenters. The van der Waals surface area contributed by atoms with Crippen molar-refractivity contribution in [3.8, 4) is 5.75 Å². The maximum atomic E-state index is 13.6. The summed E-state index contributed by atoms with van der Waals surface area (Å²) in [5.74, 6) is -2.45. The van der Waals surface area contributed by atoms with Gasteiger partial charge in [0, 0.05) is 31.4 Å². The number of phenolic OH excluding ortho intramolecular Hbond substituents is 1. The molecule has 0 bridgehead atoms. The summed E-state index contributed by atoms with van der Waals surface area (Å²) in [6.45, 7) is 5.34. The van der Waals surface area contributed by atoms with Crippen LogP contribution in [0.2, 0.25) is 0 Å². The molecule has 2 aromatic carbocycles. The van der Waals surface area contributed by atoms with Crippen molar-refractivity contribution < 1.29 is 43.9 Å². The summed E-state index contributed by atoms with van der Waals surface area (Å²) in [6.07, 6.45) is 9.93. The van der Waals surface area contributed by atoms with Crippen molar-refractivity contribution in [2.75, 3.05) is 13.2 Å². The van der Waals surface area contributed by atoms with E-state index in [0.717, 1.165) is 49.7 Å².